The van der Waals surface area contributed by atoms with Crippen molar-refractivity contribution in [3.8, 4) is 0 Å². The minimum absolute atomic E-state index is 0.0544. The van der Waals surface area contributed by atoms with Crippen molar-refractivity contribution in [3.05, 3.63) is 16.0 Å². The van der Waals surface area contributed by atoms with Crippen molar-refractivity contribution in [2.75, 3.05) is 23.4 Å². The van der Waals surface area contributed by atoms with Crippen molar-refractivity contribution in [1.29, 1.82) is 0 Å². The third kappa shape index (κ3) is 4.86. The van der Waals surface area contributed by atoms with Crippen molar-refractivity contribution < 1.29 is 27.5 Å². The molecule has 1 unspecified atom stereocenters. The maximum atomic E-state index is 12.6. The first-order valence-electron chi connectivity index (χ1n) is 8.84. The van der Waals surface area contributed by atoms with E-state index in [1.807, 2.05) is 0 Å². The Morgan fingerprint density at radius 1 is 1.22 bits per heavy atom. The normalized spacial score (nSPS) is 20.6. The molecule has 8 nitrogen and oxygen atoms in total. The second-order valence-electron chi connectivity index (χ2n) is 6.84. The Hall–Kier alpha value is -1.94. The molecule has 1 aromatic rings. The lowest BCUT2D eigenvalue weighted by atomic mass is 9.95. The summed E-state index contributed by atoms with van der Waals surface area (Å²) < 4.78 is 28.0. The molecule has 2 N–H and O–H groups in total. The number of carbonyl (C=O) groups is 3. The molecule has 148 valence electrons. The van der Waals surface area contributed by atoms with E-state index in [1.54, 1.807) is 0 Å². The van der Waals surface area contributed by atoms with E-state index in [2.05, 4.69) is 10.6 Å². The van der Waals surface area contributed by atoms with Gasteiger partial charge < -0.3 is 15.4 Å². The molecule has 2 aliphatic rings. The molecule has 1 saturated heterocycles. The second kappa shape index (κ2) is 7.97. The maximum absolute atomic E-state index is 12.6. The molecule has 3 rings (SSSR count). The summed E-state index contributed by atoms with van der Waals surface area (Å²) in [7, 11) is -3.10. The Labute approximate surface area is 161 Å². The predicted octanol–water partition coefficient (Wildman–Crippen LogP) is 1.05. The van der Waals surface area contributed by atoms with Crippen molar-refractivity contribution in [2.45, 2.75) is 45.1 Å². The molecule has 2 heterocycles. The number of nitrogens with one attached hydrogen (secondary N) is 2. The number of hydrogen-bond donors (Lipinski definition) is 2. The van der Waals surface area contributed by atoms with Crippen LogP contribution in [0.3, 0.4) is 0 Å². The molecule has 1 atom stereocenters. The van der Waals surface area contributed by atoms with Gasteiger partial charge in [0.1, 0.15) is 5.00 Å². The molecule has 27 heavy (non-hydrogen) atoms. The SMILES string of the molecule is CC(=O)Nc1sc2c(c1C(=O)OCC(=O)NC1CCS(=O)(=O)C1)CCCC2. The van der Waals surface area contributed by atoms with Crippen LogP contribution in [0.5, 0.6) is 0 Å². The zero-order valence-corrected chi connectivity index (χ0v) is 16.6. The number of hydrogen-bond acceptors (Lipinski definition) is 7. The fourth-order valence-corrected chi connectivity index (χ4v) is 6.41. The van der Waals surface area contributed by atoms with Gasteiger partial charge >= 0.3 is 5.97 Å². The predicted molar refractivity (Wildman–Crippen MR) is 101 cm³/mol. The standard InChI is InChI=1S/C17H22N2O6S2/c1-10(20)18-16-15(12-4-2-3-5-13(12)26-16)17(22)25-8-14(21)19-11-6-7-27(23,24)9-11/h11H,2-9H2,1H3,(H,18,20)(H,19,21). The van der Waals surface area contributed by atoms with E-state index in [0.29, 0.717) is 17.0 Å². The van der Waals surface area contributed by atoms with Gasteiger partial charge in [-0.05, 0) is 37.7 Å². The number of ether oxygens (including phenoxy) is 1. The van der Waals surface area contributed by atoms with Crippen molar-refractivity contribution in [1.82, 2.24) is 5.32 Å². The first-order valence-corrected chi connectivity index (χ1v) is 11.5. The molecule has 0 bridgehead atoms. The fraction of sp³-hybridized carbons (Fsp3) is 0.588. The number of fused-ring (bicyclic) bond motifs is 1. The van der Waals surface area contributed by atoms with E-state index in [1.165, 1.54) is 18.3 Å². The van der Waals surface area contributed by atoms with Gasteiger partial charge in [-0.3, -0.25) is 9.59 Å². The molecule has 1 aliphatic heterocycles. The Balaban J connectivity index is 1.64. The molecule has 0 saturated carbocycles. The molecule has 0 radical (unpaired) electrons. The van der Waals surface area contributed by atoms with Gasteiger partial charge in [-0.25, -0.2) is 13.2 Å². The smallest absolute Gasteiger partial charge is 0.341 e. The molecular weight excluding hydrogens is 392 g/mol. The highest BCUT2D eigenvalue weighted by atomic mass is 32.2. The van der Waals surface area contributed by atoms with Crippen LogP contribution in [0.1, 0.15) is 47.0 Å². The van der Waals surface area contributed by atoms with Gasteiger partial charge in [0, 0.05) is 17.8 Å². The van der Waals surface area contributed by atoms with E-state index in [9.17, 15) is 22.8 Å². The summed E-state index contributed by atoms with van der Waals surface area (Å²) in [6, 6.07) is -0.440. The highest BCUT2D eigenvalue weighted by Crippen LogP contribution is 2.38. The Kier molecular flexibility index (Phi) is 5.85. The van der Waals surface area contributed by atoms with E-state index in [0.717, 1.165) is 36.1 Å². The molecule has 1 fully saturated rings. The van der Waals surface area contributed by atoms with Crippen LogP contribution in [0.15, 0.2) is 0 Å². The van der Waals surface area contributed by atoms with E-state index in [4.69, 9.17) is 4.74 Å². The lowest BCUT2D eigenvalue weighted by Gasteiger charge is -2.14. The number of carbonyl (C=O) groups excluding carboxylic acids is 3. The summed E-state index contributed by atoms with van der Waals surface area (Å²) in [4.78, 5) is 37.1. The van der Waals surface area contributed by atoms with Crippen LogP contribution in [-0.4, -0.2) is 50.4 Å². The monoisotopic (exact) mass is 414 g/mol. The van der Waals surface area contributed by atoms with Gasteiger partial charge in [-0.2, -0.15) is 0 Å². The van der Waals surface area contributed by atoms with Gasteiger partial charge in [0.2, 0.25) is 5.91 Å². The molecular formula is C17H22N2O6S2. The molecule has 1 aromatic heterocycles. The van der Waals surface area contributed by atoms with Gasteiger partial charge in [-0.1, -0.05) is 0 Å². The maximum Gasteiger partial charge on any atom is 0.341 e. The third-order valence-electron chi connectivity index (χ3n) is 4.60. The van der Waals surface area contributed by atoms with Crippen molar-refractivity contribution >= 4 is 44.0 Å². The van der Waals surface area contributed by atoms with Crippen LogP contribution in [0, 0.1) is 0 Å². The topological polar surface area (TPSA) is 119 Å². The van der Waals surface area contributed by atoms with Gasteiger partial charge in [0.25, 0.3) is 5.91 Å². The average molecular weight is 415 g/mol. The highest BCUT2D eigenvalue weighted by Gasteiger charge is 2.30. The van der Waals surface area contributed by atoms with E-state index < -0.39 is 34.4 Å². The van der Waals surface area contributed by atoms with Crippen LogP contribution < -0.4 is 10.6 Å². The van der Waals surface area contributed by atoms with Crippen molar-refractivity contribution in [3.63, 3.8) is 0 Å². The molecule has 0 aromatic carbocycles. The quantitative estimate of drug-likeness (QED) is 0.695. The number of amides is 2. The van der Waals surface area contributed by atoms with Gasteiger partial charge in [0.15, 0.2) is 16.4 Å². The summed E-state index contributed by atoms with van der Waals surface area (Å²) in [6.07, 6.45) is 3.96. The Morgan fingerprint density at radius 2 is 1.96 bits per heavy atom. The molecule has 10 heteroatoms. The summed E-state index contributed by atoms with van der Waals surface area (Å²) in [5.41, 5.74) is 1.23. The molecule has 2 amide bonds. The van der Waals surface area contributed by atoms with Crippen LogP contribution in [-0.2, 0) is 37.0 Å². The Bertz CT molecular complexity index is 874. The van der Waals surface area contributed by atoms with Crippen LogP contribution in [0.4, 0.5) is 5.00 Å². The number of aryl methyl sites for hydroxylation is 1. The van der Waals surface area contributed by atoms with Crippen LogP contribution in [0.2, 0.25) is 0 Å². The number of thiophene rings is 1. The summed E-state index contributed by atoms with van der Waals surface area (Å²) in [5, 5.41) is 5.72. The van der Waals surface area contributed by atoms with Crippen LogP contribution >= 0.6 is 11.3 Å². The third-order valence-corrected chi connectivity index (χ3v) is 7.57. The van der Waals surface area contributed by atoms with Gasteiger partial charge in [0.05, 0.1) is 17.1 Å². The summed E-state index contributed by atoms with van der Waals surface area (Å²) >= 11 is 1.38. The zero-order chi connectivity index (χ0) is 19.6. The number of anilines is 1. The first kappa shape index (κ1) is 19.8. The van der Waals surface area contributed by atoms with Crippen molar-refractivity contribution in [2.24, 2.45) is 0 Å². The minimum Gasteiger partial charge on any atom is -0.452 e. The fourth-order valence-electron chi connectivity index (χ4n) is 3.41. The average Bonchev–Trinajstić information content (AvgIpc) is 3.11. The summed E-state index contributed by atoms with van der Waals surface area (Å²) in [5.74, 6) is -1.48. The summed E-state index contributed by atoms with van der Waals surface area (Å²) in [6.45, 7) is 0.885. The van der Waals surface area contributed by atoms with E-state index >= 15 is 0 Å². The molecule has 1 aliphatic carbocycles. The Morgan fingerprint density at radius 3 is 2.63 bits per heavy atom. The lowest BCUT2D eigenvalue weighted by Crippen LogP contribution is -2.38. The number of rotatable bonds is 5. The zero-order valence-electron chi connectivity index (χ0n) is 15.0. The first-order chi connectivity index (χ1) is 12.7. The van der Waals surface area contributed by atoms with E-state index in [-0.39, 0.29) is 17.4 Å². The second-order valence-corrected chi connectivity index (χ2v) is 10.2. The lowest BCUT2D eigenvalue weighted by molar-refractivity contribution is -0.124. The largest absolute Gasteiger partial charge is 0.452 e. The minimum atomic E-state index is -3.10. The molecule has 0 spiro atoms. The number of sulfone groups is 1. The van der Waals surface area contributed by atoms with Gasteiger partial charge in [-0.15, -0.1) is 11.3 Å². The van der Waals surface area contributed by atoms with Crippen LogP contribution in [0.25, 0.3) is 0 Å². The number of esters is 1. The highest BCUT2D eigenvalue weighted by molar-refractivity contribution is 7.91.